The van der Waals surface area contributed by atoms with Gasteiger partial charge in [-0.2, -0.15) is 5.10 Å². The average molecular weight is 517 g/mol. The molecule has 1 aromatic heterocycles. The molecule has 0 unspecified atom stereocenters. The molecule has 190 valence electrons. The minimum absolute atomic E-state index is 0.119. The Morgan fingerprint density at radius 2 is 1.73 bits per heavy atom. The lowest BCUT2D eigenvalue weighted by Crippen LogP contribution is -2.20. The summed E-state index contributed by atoms with van der Waals surface area (Å²) in [5, 5.41) is 13.4. The number of hydrazone groups is 1. The first-order chi connectivity index (χ1) is 18.0. The maximum atomic E-state index is 12.5. The zero-order valence-electron chi connectivity index (χ0n) is 21.1. The highest BCUT2D eigenvalue weighted by atomic mass is 32.2. The van der Waals surface area contributed by atoms with E-state index in [1.165, 1.54) is 11.8 Å². The Morgan fingerprint density at radius 1 is 1.00 bits per heavy atom. The van der Waals surface area contributed by atoms with Crippen molar-refractivity contribution in [2.45, 2.75) is 5.16 Å². The van der Waals surface area contributed by atoms with E-state index in [9.17, 15) is 4.79 Å². The lowest BCUT2D eigenvalue weighted by atomic mass is 10.2. The number of anilines is 1. The third-order valence-corrected chi connectivity index (χ3v) is 6.36. The van der Waals surface area contributed by atoms with Crippen LogP contribution in [0.5, 0.6) is 11.5 Å². The second-order valence-electron chi connectivity index (χ2n) is 8.11. The fraction of sp³-hybridized carbons (Fsp3) is 0.185. The number of thioether (sulfide) groups is 1. The third-order valence-electron chi connectivity index (χ3n) is 5.43. The molecule has 0 aliphatic carbocycles. The van der Waals surface area contributed by atoms with Gasteiger partial charge in [0.2, 0.25) is 0 Å². The van der Waals surface area contributed by atoms with Crippen LogP contribution in [0.4, 0.5) is 5.69 Å². The molecule has 0 fully saturated rings. The number of ether oxygens (including phenoxy) is 2. The predicted octanol–water partition coefficient (Wildman–Crippen LogP) is 4.26. The van der Waals surface area contributed by atoms with Crippen LogP contribution < -0.4 is 19.8 Å². The predicted molar refractivity (Wildman–Crippen MR) is 147 cm³/mol. The van der Waals surface area contributed by atoms with Gasteiger partial charge in [-0.3, -0.25) is 9.36 Å². The van der Waals surface area contributed by atoms with Crippen molar-refractivity contribution < 1.29 is 14.3 Å². The summed E-state index contributed by atoms with van der Waals surface area (Å²) in [6, 6.07) is 23.2. The van der Waals surface area contributed by atoms with Crippen molar-refractivity contribution in [2.75, 3.05) is 39.0 Å². The molecule has 0 atom stereocenters. The molecule has 1 amide bonds. The Hall–Kier alpha value is -4.31. The number of hydrogen-bond acceptors (Lipinski definition) is 8. The van der Waals surface area contributed by atoms with Crippen molar-refractivity contribution in [1.82, 2.24) is 20.2 Å². The lowest BCUT2D eigenvalue weighted by Gasteiger charge is -2.12. The standard InChI is InChI=1S/C27H28N6O3S/c1-32(2)21-13-10-19(11-14-21)17-28-29-25(34)18-37-27-31-30-26(33(27)22-8-6-5-7-9-22)20-12-15-23(35-3)24(16-20)36-4/h5-17H,18H2,1-4H3,(H,29,34). The molecular formula is C27H28N6O3S. The van der Waals surface area contributed by atoms with Crippen LogP contribution in [0, 0.1) is 0 Å². The van der Waals surface area contributed by atoms with Crippen LogP contribution in [0.25, 0.3) is 17.1 Å². The van der Waals surface area contributed by atoms with E-state index in [2.05, 4.69) is 20.7 Å². The highest BCUT2D eigenvalue weighted by molar-refractivity contribution is 7.99. The quantitative estimate of drug-likeness (QED) is 0.191. The van der Waals surface area contributed by atoms with E-state index >= 15 is 0 Å². The summed E-state index contributed by atoms with van der Waals surface area (Å²) in [5.74, 6) is 1.70. The Labute approximate surface area is 220 Å². The topological polar surface area (TPSA) is 93.9 Å². The van der Waals surface area contributed by atoms with Crippen LogP contribution in [0.15, 0.2) is 83.1 Å². The number of aromatic nitrogens is 3. The van der Waals surface area contributed by atoms with Gasteiger partial charge in [-0.05, 0) is 48.0 Å². The summed E-state index contributed by atoms with van der Waals surface area (Å²) in [5.41, 5.74) is 6.23. The number of carbonyl (C=O) groups is 1. The minimum atomic E-state index is -0.249. The lowest BCUT2D eigenvalue weighted by molar-refractivity contribution is -0.118. The van der Waals surface area contributed by atoms with Gasteiger partial charge >= 0.3 is 0 Å². The van der Waals surface area contributed by atoms with Gasteiger partial charge in [-0.15, -0.1) is 10.2 Å². The zero-order chi connectivity index (χ0) is 26.2. The van der Waals surface area contributed by atoms with Gasteiger partial charge in [0.1, 0.15) is 0 Å². The second-order valence-corrected chi connectivity index (χ2v) is 9.06. The number of carbonyl (C=O) groups excluding carboxylic acids is 1. The van der Waals surface area contributed by atoms with Crippen LogP contribution >= 0.6 is 11.8 Å². The van der Waals surface area contributed by atoms with Crippen LogP contribution in [0.2, 0.25) is 0 Å². The molecule has 0 bridgehead atoms. The summed E-state index contributed by atoms with van der Waals surface area (Å²) < 4.78 is 12.7. The monoisotopic (exact) mass is 516 g/mol. The molecule has 0 radical (unpaired) electrons. The summed E-state index contributed by atoms with van der Waals surface area (Å²) in [4.78, 5) is 14.5. The Kier molecular flexibility index (Phi) is 8.42. The van der Waals surface area contributed by atoms with Gasteiger partial charge < -0.3 is 14.4 Å². The molecule has 0 saturated heterocycles. The normalized spacial score (nSPS) is 10.9. The average Bonchev–Trinajstić information content (AvgIpc) is 3.36. The van der Waals surface area contributed by atoms with Crippen LogP contribution in [-0.2, 0) is 4.79 Å². The van der Waals surface area contributed by atoms with Crippen LogP contribution in [0.3, 0.4) is 0 Å². The van der Waals surface area contributed by atoms with Crippen LogP contribution in [0.1, 0.15) is 5.56 Å². The smallest absolute Gasteiger partial charge is 0.250 e. The molecule has 10 heteroatoms. The molecule has 3 aromatic carbocycles. The molecule has 0 aliphatic rings. The van der Waals surface area contributed by atoms with E-state index in [4.69, 9.17) is 9.47 Å². The molecule has 4 rings (SSSR count). The molecule has 0 spiro atoms. The number of methoxy groups -OCH3 is 2. The van der Waals surface area contributed by atoms with Crippen molar-refractivity contribution in [1.29, 1.82) is 0 Å². The Bertz CT molecular complexity index is 1370. The van der Waals surface area contributed by atoms with Crippen molar-refractivity contribution >= 4 is 29.6 Å². The molecule has 9 nitrogen and oxygen atoms in total. The molecule has 37 heavy (non-hydrogen) atoms. The fourth-order valence-electron chi connectivity index (χ4n) is 3.54. The van der Waals surface area contributed by atoms with Gasteiger partial charge in [-0.1, -0.05) is 42.1 Å². The number of benzene rings is 3. The molecule has 4 aromatic rings. The molecular weight excluding hydrogens is 488 g/mol. The van der Waals surface area contributed by atoms with Crippen molar-refractivity contribution in [3.63, 3.8) is 0 Å². The van der Waals surface area contributed by atoms with Crippen molar-refractivity contribution in [2.24, 2.45) is 5.10 Å². The maximum absolute atomic E-state index is 12.5. The Morgan fingerprint density at radius 3 is 2.41 bits per heavy atom. The number of nitrogens with one attached hydrogen (secondary N) is 1. The fourth-order valence-corrected chi connectivity index (χ4v) is 4.28. The number of hydrogen-bond donors (Lipinski definition) is 1. The summed E-state index contributed by atoms with van der Waals surface area (Å²) in [7, 11) is 7.15. The van der Waals surface area contributed by atoms with Crippen molar-refractivity contribution in [3.05, 3.63) is 78.4 Å². The van der Waals surface area contributed by atoms with Gasteiger partial charge in [0.25, 0.3) is 5.91 Å². The van der Waals surface area contributed by atoms with E-state index in [-0.39, 0.29) is 11.7 Å². The first-order valence-corrected chi connectivity index (χ1v) is 12.4. The zero-order valence-corrected chi connectivity index (χ0v) is 21.9. The van der Waals surface area contributed by atoms with E-state index in [0.717, 1.165) is 22.5 Å². The first kappa shape index (κ1) is 25.8. The third kappa shape index (κ3) is 6.28. The van der Waals surface area contributed by atoms with E-state index in [1.54, 1.807) is 20.4 Å². The molecule has 1 heterocycles. The van der Waals surface area contributed by atoms with E-state index in [0.29, 0.717) is 22.5 Å². The van der Waals surface area contributed by atoms with Gasteiger partial charge in [-0.25, -0.2) is 5.43 Å². The van der Waals surface area contributed by atoms with Gasteiger partial charge in [0.05, 0.1) is 26.2 Å². The highest BCUT2D eigenvalue weighted by Gasteiger charge is 2.18. The van der Waals surface area contributed by atoms with E-state index < -0.39 is 0 Å². The van der Waals surface area contributed by atoms with Crippen LogP contribution in [-0.4, -0.2) is 61.0 Å². The number of amides is 1. The van der Waals surface area contributed by atoms with Crippen molar-refractivity contribution in [3.8, 4) is 28.6 Å². The van der Waals surface area contributed by atoms with Gasteiger partial charge in [0, 0.05) is 31.0 Å². The minimum Gasteiger partial charge on any atom is -0.493 e. The largest absolute Gasteiger partial charge is 0.493 e. The second kappa shape index (κ2) is 12.1. The molecule has 0 saturated carbocycles. The first-order valence-electron chi connectivity index (χ1n) is 11.5. The van der Waals surface area contributed by atoms with Gasteiger partial charge in [0.15, 0.2) is 22.5 Å². The maximum Gasteiger partial charge on any atom is 0.250 e. The summed E-state index contributed by atoms with van der Waals surface area (Å²) >= 11 is 1.28. The summed E-state index contributed by atoms with van der Waals surface area (Å²) in [6.07, 6.45) is 1.61. The Balaban J connectivity index is 1.50. The molecule has 0 aliphatic heterocycles. The number of rotatable bonds is 10. The number of para-hydroxylation sites is 1. The summed E-state index contributed by atoms with van der Waals surface area (Å²) in [6.45, 7) is 0. The highest BCUT2D eigenvalue weighted by Crippen LogP contribution is 2.34. The molecule has 1 N–H and O–H groups in total. The van der Waals surface area contributed by atoms with E-state index in [1.807, 2.05) is 96.4 Å². The number of nitrogens with zero attached hydrogens (tertiary/aromatic N) is 5. The SMILES string of the molecule is COc1ccc(-c2nnc(SCC(=O)NN=Cc3ccc(N(C)C)cc3)n2-c2ccccc2)cc1OC.